The Kier molecular flexibility index (Phi) is 5.90. The van der Waals surface area contributed by atoms with Crippen molar-refractivity contribution in [3.8, 4) is 0 Å². The first-order chi connectivity index (χ1) is 14.2. The highest BCUT2D eigenvalue weighted by Gasteiger charge is 2.22. The van der Waals surface area contributed by atoms with Crippen LogP contribution in [0.25, 0.3) is 0 Å². The molecule has 7 nitrogen and oxygen atoms in total. The lowest BCUT2D eigenvalue weighted by atomic mass is 10.2. The van der Waals surface area contributed by atoms with Crippen molar-refractivity contribution in [2.45, 2.75) is 24.3 Å². The third kappa shape index (κ3) is 4.83. The molecule has 1 aliphatic rings. The minimum Gasteiger partial charge on any atom is -0.326 e. The van der Waals surface area contributed by atoms with Crippen molar-refractivity contribution >= 4 is 35.0 Å². The Bertz CT molecular complexity index is 1010. The number of rotatable bonds is 6. The van der Waals surface area contributed by atoms with Crippen LogP contribution in [0.15, 0.2) is 66.1 Å². The van der Waals surface area contributed by atoms with E-state index in [1.54, 1.807) is 27.7 Å². The summed E-state index contributed by atoms with van der Waals surface area (Å²) in [6.07, 6.45) is 3.47. The molecule has 2 aromatic carbocycles. The zero-order chi connectivity index (χ0) is 20.1. The summed E-state index contributed by atoms with van der Waals surface area (Å²) in [5.74, 6) is 0.678. The molecule has 2 heterocycles. The number of benzene rings is 2. The molecule has 3 aromatic rings. The van der Waals surface area contributed by atoms with Crippen molar-refractivity contribution in [3.05, 3.63) is 66.7 Å². The Balaban J connectivity index is 1.32. The second-order valence-electron chi connectivity index (χ2n) is 6.70. The number of hydrogen-bond donors (Lipinski definition) is 1. The molecule has 2 amide bonds. The maximum Gasteiger partial charge on any atom is 0.227 e. The van der Waals surface area contributed by atoms with Gasteiger partial charge in [-0.15, -0.1) is 11.8 Å². The van der Waals surface area contributed by atoms with Gasteiger partial charge in [0.2, 0.25) is 11.8 Å². The number of fused-ring (bicyclic) bond motifs is 1. The Morgan fingerprint density at radius 2 is 2.00 bits per heavy atom. The van der Waals surface area contributed by atoms with E-state index < -0.39 is 0 Å². The van der Waals surface area contributed by atoms with E-state index in [1.807, 2.05) is 48.5 Å². The minimum absolute atomic E-state index is 0.0205. The molecule has 8 heteroatoms. The van der Waals surface area contributed by atoms with Crippen LogP contribution < -0.4 is 10.2 Å². The van der Waals surface area contributed by atoms with Crippen LogP contribution in [0.1, 0.15) is 18.4 Å². The van der Waals surface area contributed by atoms with Gasteiger partial charge >= 0.3 is 0 Å². The number of carbonyl (C=O) groups is 2. The fraction of sp³-hybridized carbons (Fsp3) is 0.238. The lowest BCUT2D eigenvalue weighted by molar-refractivity contribution is -0.122. The van der Waals surface area contributed by atoms with Gasteiger partial charge in [0.1, 0.15) is 12.7 Å². The van der Waals surface area contributed by atoms with E-state index in [-0.39, 0.29) is 24.7 Å². The number of hydrogen-bond acceptors (Lipinski definition) is 5. The first-order valence-electron chi connectivity index (χ1n) is 9.42. The van der Waals surface area contributed by atoms with Crippen molar-refractivity contribution in [2.24, 2.45) is 0 Å². The number of thioether (sulfide) groups is 1. The second kappa shape index (κ2) is 8.91. The van der Waals surface area contributed by atoms with Crippen LogP contribution in [0.2, 0.25) is 0 Å². The smallest absolute Gasteiger partial charge is 0.227 e. The molecule has 1 aromatic heterocycles. The molecule has 0 radical (unpaired) electrons. The molecule has 1 N–H and O–H groups in total. The Labute approximate surface area is 173 Å². The van der Waals surface area contributed by atoms with E-state index in [0.29, 0.717) is 18.8 Å². The summed E-state index contributed by atoms with van der Waals surface area (Å²) in [5.41, 5.74) is 2.65. The molecule has 0 aliphatic carbocycles. The topological polar surface area (TPSA) is 80.1 Å². The molecule has 0 saturated heterocycles. The van der Waals surface area contributed by atoms with E-state index in [0.717, 1.165) is 21.9 Å². The molecule has 0 fully saturated rings. The number of carbonyl (C=O) groups excluding carboxylic acids is 2. The van der Waals surface area contributed by atoms with Gasteiger partial charge in [-0.1, -0.05) is 24.3 Å². The van der Waals surface area contributed by atoms with E-state index in [9.17, 15) is 9.59 Å². The molecule has 148 valence electrons. The van der Waals surface area contributed by atoms with Gasteiger partial charge in [0, 0.05) is 35.7 Å². The average Bonchev–Trinajstić information content (AvgIpc) is 3.25. The van der Waals surface area contributed by atoms with Crippen LogP contribution in [0.5, 0.6) is 0 Å². The SMILES string of the molecule is O=C(CCC(=O)N1CCSc2ccccc21)Nc1cccc(Cn2cncn2)c1. The molecule has 0 atom stereocenters. The van der Waals surface area contributed by atoms with E-state index in [1.165, 1.54) is 6.33 Å². The van der Waals surface area contributed by atoms with E-state index in [4.69, 9.17) is 0 Å². The van der Waals surface area contributed by atoms with Gasteiger partial charge in [-0.25, -0.2) is 9.67 Å². The molecular weight excluding hydrogens is 386 g/mol. The van der Waals surface area contributed by atoms with Gasteiger partial charge in [0.05, 0.1) is 12.2 Å². The zero-order valence-corrected chi connectivity index (χ0v) is 16.6. The van der Waals surface area contributed by atoms with E-state index in [2.05, 4.69) is 15.4 Å². The number of aromatic nitrogens is 3. The summed E-state index contributed by atoms with van der Waals surface area (Å²) in [6.45, 7) is 1.25. The van der Waals surface area contributed by atoms with Gasteiger partial charge in [-0.05, 0) is 29.8 Å². The van der Waals surface area contributed by atoms with Crippen molar-refractivity contribution in [3.63, 3.8) is 0 Å². The third-order valence-corrected chi connectivity index (χ3v) is 5.66. The Hall–Kier alpha value is -3.13. The molecule has 0 bridgehead atoms. The van der Waals surface area contributed by atoms with Crippen molar-refractivity contribution in [1.82, 2.24) is 14.8 Å². The van der Waals surface area contributed by atoms with Crippen LogP contribution in [-0.2, 0) is 16.1 Å². The van der Waals surface area contributed by atoms with Crippen molar-refractivity contribution in [2.75, 3.05) is 22.5 Å². The summed E-state index contributed by atoms with van der Waals surface area (Å²) >= 11 is 1.76. The summed E-state index contributed by atoms with van der Waals surface area (Å²) < 4.78 is 1.72. The first-order valence-corrected chi connectivity index (χ1v) is 10.4. The molecule has 0 saturated carbocycles. The molecule has 1 aliphatic heterocycles. The zero-order valence-electron chi connectivity index (χ0n) is 15.8. The molecule has 4 rings (SSSR count). The summed E-state index contributed by atoms with van der Waals surface area (Å²) in [5, 5.41) is 6.97. The normalized spacial score (nSPS) is 13.0. The molecule has 0 unspecified atom stereocenters. The predicted octanol–water partition coefficient (Wildman–Crippen LogP) is 3.18. The fourth-order valence-corrected chi connectivity index (χ4v) is 4.25. The number of nitrogens with zero attached hydrogens (tertiary/aromatic N) is 4. The maximum atomic E-state index is 12.7. The van der Waals surface area contributed by atoms with Gasteiger partial charge in [0.25, 0.3) is 0 Å². The monoisotopic (exact) mass is 407 g/mol. The van der Waals surface area contributed by atoms with Crippen LogP contribution in [0.3, 0.4) is 0 Å². The third-order valence-electron chi connectivity index (χ3n) is 4.62. The standard InChI is InChI=1S/C21H21N5O2S/c27-20(24-17-5-3-4-16(12-17)13-25-15-22-14-23-25)8-9-21(28)26-10-11-29-19-7-2-1-6-18(19)26/h1-7,12,14-15H,8-11,13H2,(H,24,27). The molecule has 0 spiro atoms. The minimum atomic E-state index is -0.170. The lowest BCUT2D eigenvalue weighted by Crippen LogP contribution is -2.35. The molecule has 29 heavy (non-hydrogen) atoms. The highest BCUT2D eigenvalue weighted by Crippen LogP contribution is 2.34. The number of nitrogens with one attached hydrogen (secondary N) is 1. The van der Waals surface area contributed by atoms with Crippen LogP contribution in [0, 0.1) is 0 Å². The average molecular weight is 407 g/mol. The number of para-hydroxylation sites is 1. The van der Waals surface area contributed by atoms with Crippen molar-refractivity contribution < 1.29 is 9.59 Å². The van der Waals surface area contributed by atoms with Crippen molar-refractivity contribution in [1.29, 1.82) is 0 Å². The van der Waals surface area contributed by atoms with Gasteiger partial charge < -0.3 is 10.2 Å². The Morgan fingerprint density at radius 1 is 1.10 bits per heavy atom. The highest BCUT2D eigenvalue weighted by atomic mass is 32.2. The Morgan fingerprint density at radius 3 is 2.86 bits per heavy atom. The lowest BCUT2D eigenvalue weighted by Gasteiger charge is -2.29. The quantitative estimate of drug-likeness (QED) is 0.679. The summed E-state index contributed by atoms with van der Waals surface area (Å²) in [7, 11) is 0. The summed E-state index contributed by atoms with van der Waals surface area (Å²) in [6, 6.07) is 15.5. The van der Waals surface area contributed by atoms with Gasteiger partial charge in [-0.2, -0.15) is 5.10 Å². The van der Waals surface area contributed by atoms with E-state index >= 15 is 0 Å². The number of anilines is 2. The van der Waals surface area contributed by atoms with Gasteiger partial charge in [0.15, 0.2) is 0 Å². The van der Waals surface area contributed by atoms with Gasteiger partial charge in [-0.3, -0.25) is 9.59 Å². The van der Waals surface area contributed by atoms with Crippen LogP contribution in [-0.4, -0.2) is 38.9 Å². The largest absolute Gasteiger partial charge is 0.326 e. The number of amides is 2. The predicted molar refractivity (Wildman–Crippen MR) is 113 cm³/mol. The fourth-order valence-electron chi connectivity index (χ4n) is 3.26. The summed E-state index contributed by atoms with van der Waals surface area (Å²) in [4.78, 5) is 31.9. The first kappa shape index (κ1) is 19.2. The van der Waals surface area contributed by atoms with Crippen LogP contribution >= 0.6 is 11.8 Å². The maximum absolute atomic E-state index is 12.7. The second-order valence-corrected chi connectivity index (χ2v) is 7.84. The highest BCUT2D eigenvalue weighted by molar-refractivity contribution is 7.99. The van der Waals surface area contributed by atoms with Crippen LogP contribution in [0.4, 0.5) is 11.4 Å². The molecular formula is C21H21N5O2S.